The van der Waals surface area contributed by atoms with Gasteiger partial charge in [0.25, 0.3) is 5.91 Å². The van der Waals surface area contributed by atoms with Crippen LogP contribution < -0.4 is 11.3 Å². The van der Waals surface area contributed by atoms with Gasteiger partial charge < -0.3 is 0 Å². The summed E-state index contributed by atoms with van der Waals surface area (Å²) in [6.45, 7) is 0. The van der Waals surface area contributed by atoms with Crippen molar-refractivity contribution in [3.63, 3.8) is 0 Å². The highest BCUT2D eigenvalue weighted by atomic mass is 79.9. The molecule has 2 rings (SSSR count). The molecule has 0 aliphatic heterocycles. The number of hydrogen-bond acceptors (Lipinski definition) is 4. The minimum atomic E-state index is -0.229. The van der Waals surface area contributed by atoms with Crippen LogP contribution >= 0.6 is 39.0 Å². The summed E-state index contributed by atoms with van der Waals surface area (Å²) < 4.78 is 1.06. The predicted molar refractivity (Wildman–Crippen MR) is 79.7 cm³/mol. The Hall–Kier alpha value is -0.820. The van der Waals surface area contributed by atoms with Gasteiger partial charge in [-0.15, -0.1) is 23.1 Å². The van der Waals surface area contributed by atoms with Crippen LogP contribution in [0.5, 0.6) is 0 Å². The zero-order valence-electron chi connectivity index (χ0n) is 9.35. The first-order valence-corrected chi connectivity index (χ1v) is 7.83. The summed E-state index contributed by atoms with van der Waals surface area (Å²) in [4.78, 5) is 13.4. The van der Waals surface area contributed by atoms with Gasteiger partial charge in [0.05, 0.1) is 4.88 Å². The summed E-state index contributed by atoms with van der Waals surface area (Å²) in [5, 5.41) is 1.90. The normalized spacial score (nSPS) is 10.3. The van der Waals surface area contributed by atoms with E-state index in [1.54, 1.807) is 11.8 Å². The first-order valence-electron chi connectivity index (χ1n) is 5.17. The van der Waals surface area contributed by atoms with Crippen LogP contribution in [0.15, 0.2) is 45.1 Å². The molecule has 3 nitrogen and oxygen atoms in total. The Morgan fingerprint density at radius 2 is 2.17 bits per heavy atom. The number of thioether (sulfide) groups is 1. The third kappa shape index (κ3) is 3.14. The summed E-state index contributed by atoms with van der Waals surface area (Å²) in [5.41, 5.74) is 3.17. The van der Waals surface area contributed by atoms with Gasteiger partial charge in [0.15, 0.2) is 0 Å². The summed E-state index contributed by atoms with van der Waals surface area (Å²) in [7, 11) is 0. The van der Waals surface area contributed by atoms with Gasteiger partial charge in [0, 0.05) is 15.1 Å². The van der Waals surface area contributed by atoms with Crippen molar-refractivity contribution < 1.29 is 4.79 Å². The molecule has 0 radical (unpaired) electrons. The lowest BCUT2D eigenvalue weighted by Gasteiger charge is -2.04. The standard InChI is InChI=1S/C12H11BrN2OS2/c13-9-3-1-2-4-10(9)18-7-8-5-6-17-11(8)12(16)15-14/h1-6H,7,14H2,(H,15,16). The molecular weight excluding hydrogens is 332 g/mol. The van der Waals surface area contributed by atoms with E-state index in [4.69, 9.17) is 5.84 Å². The molecule has 1 aromatic heterocycles. The quantitative estimate of drug-likeness (QED) is 0.387. The van der Waals surface area contributed by atoms with Crippen molar-refractivity contribution in [2.24, 2.45) is 5.84 Å². The number of hydrazine groups is 1. The predicted octanol–water partition coefficient (Wildman–Crippen LogP) is 3.41. The number of amides is 1. The third-order valence-corrected chi connectivity index (χ3v) is 5.34. The number of benzene rings is 1. The van der Waals surface area contributed by atoms with Crippen LogP contribution in [0.1, 0.15) is 15.2 Å². The molecule has 0 aliphatic rings. The van der Waals surface area contributed by atoms with Gasteiger partial charge in [0.2, 0.25) is 0 Å². The highest BCUT2D eigenvalue weighted by Crippen LogP contribution is 2.31. The molecule has 0 unspecified atom stereocenters. The highest BCUT2D eigenvalue weighted by molar-refractivity contribution is 9.10. The number of rotatable bonds is 4. The first-order chi connectivity index (χ1) is 8.72. The molecule has 0 saturated heterocycles. The number of carbonyl (C=O) groups is 1. The maximum atomic E-state index is 11.5. The van der Waals surface area contributed by atoms with Crippen molar-refractivity contribution in [3.05, 3.63) is 50.6 Å². The maximum absolute atomic E-state index is 11.5. The second-order valence-electron chi connectivity index (χ2n) is 3.47. The summed E-state index contributed by atoms with van der Waals surface area (Å²) in [6, 6.07) is 9.98. The largest absolute Gasteiger partial charge is 0.289 e. The molecule has 94 valence electrons. The van der Waals surface area contributed by atoms with Gasteiger partial charge in [-0.3, -0.25) is 10.2 Å². The SMILES string of the molecule is NNC(=O)c1sccc1CSc1ccccc1Br. The van der Waals surface area contributed by atoms with Crippen LogP contribution in [0.3, 0.4) is 0 Å². The molecule has 0 aliphatic carbocycles. The zero-order valence-corrected chi connectivity index (χ0v) is 12.6. The molecule has 1 aromatic carbocycles. The Bertz CT molecular complexity index is 557. The number of halogens is 1. The lowest BCUT2D eigenvalue weighted by atomic mass is 10.3. The second kappa shape index (κ2) is 6.38. The molecule has 0 spiro atoms. The molecule has 1 heterocycles. The van der Waals surface area contributed by atoms with Crippen LogP contribution in [0.4, 0.5) is 0 Å². The number of carbonyl (C=O) groups excluding carboxylic acids is 1. The summed E-state index contributed by atoms with van der Waals surface area (Å²) >= 11 is 6.59. The molecule has 0 bridgehead atoms. The van der Waals surface area contributed by atoms with Gasteiger partial charge in [-0.2, -0.15) is 0 Å². The van der Waals surface area contributed by atoms with Crippen molar-refractivity contribution in [1.29, 1.82) is 0 Å². The molecule has 2 aromatic rings. The van der Waals surface area contributed by atoms with Gasteiger partial charge >= 0.3 is 0 Å². The minimum Gasteiger partial charge on any atom is -0.289 e. The Balaban J connectivity index is 2.09. The molecule has 0 saturated carbocycles. The number of thiophene rings is 1. The Labute approximate surface area is 122 Å². The van der Waals surface area contributed by atoms with Crippen LogP contribution in [-0.2, 0) is 5.75 Å². The fraction of sp³-hybridized carbons (Fsp3) is 0.0833. The van der Waals surface area contributed by atoms with Crippen molar-refractivity contribution in [2.45, 2.75) is 10.6 Å². The molecule has 6 heteroatoms. The van der Waals surface area contributed by atoms with Gasteiger partial charge in [-0.25, -0.2) is 5.84 Å². The molecule has 0 atom stereocenters. The van der Waals surface area contributed by atoms with Gasteiger partial charge in [-0.05, 0) is 45.1 Å². The smallest absolute Gasteiger partial charge is 0.275 e. The van der Waals surface area contributed by atoms with E-state index < -0.39 is 0 Å². The van der Waals surface area contributed by atoms with E-state index in [9.17, 15) is 4.79 Å². The average molecular weight is 343 g/mol. The van der Waals surface area contributed by atoms with Crippen LogP contribution in [0.25, 0.3) is 0 Å². The van der Waals surface area contributed by atoms with E-state index in [-0.39, 0.29) is 5.91 Å². The van der Waals surface area contributed by atoms with E-state index in [0.717, 1.165) is 20.7 Å². The van der Waals surface area contributed by atoms with Crippen molar-refractivity contribution in [2.75, 3.05) is 0 Å². The lowest BCUT2D eigenvalue weighted by Crippen LogP contribution is -2.29. The molecular formula is C12H11BrN2OS2. The number of nitrogens with one attached hydrogen (secondary N) is 1. The van der Waals surface area contributed by atoms with Crippen molar-refractivity contribution in [1.82, 2.24) is 5.43 Å². The van der Waals surface area contributed by atoms with E-state index >= 15 is 0 Å². The first kappa shape index (κ1) is 13.6. The van der Waals surface area contributed by atoms with Crippen molar-refractivity contribution >= 4 is 44.9 Å². The monoisotopic (exact) mass is 342 g/mol. The number of nitrogen functional groups attached to an aromatic ring is 1. The Kier molecular flexibility index (Phi) is 4.82. The Morgan fingerprint density at radius 3 is 2.89 bits per heavy atom. The maximum Gasteiger partial charge on any atom is 0.275 e. The van der Waals surface area contributed by atoms with E-state index in [1.165, 1.54) is 11.3 Å². The molecule has 3 N–H and O–H groups in total. The summed E-state index contributed by atoms with van der Waals surface area (Å²) in [5.74, 6) is 5.67. The summed E-state index contributed by atoms with van der Waals surface area (Å²) in [6.07, 6.45) is 0. The zero-order chi connectivity index (χ0) is 13.0. The van der Waals surface area contributed by atoms with Crippen molar-refractivity contribution in [3.8, 4) is 0 Å². The Morgan fingerprint density at radius 1 is 1.39 bits per heavy atom. The minimum absolute atomic E-state index is 0.229. The van der Waals surface area contributed by atoms with Crippen LogP contribution in [0, 0.1) is 0 Å². The van der Waals surface area contributed by atoms with E-state index in [2.05, 4.69) is 21.4 Å². The van der Waals surface area contributed by atoms with Gasteiger partial charge in [-0.1, -0.05) is 12.1 Å². The third-order valence-electron chi connectivity index (χ3n) is 2.30. The van der Waals surface area contributed by atoms with Crippen LogP contribution in [0.2, 0.25) is 0 Å². The number of nitrogens with two attached hydrogens (primary N) is 1. The topological polar surface area (TPSA) is 55.1 Å². The number of hydrogen-bond donors (Lipinski definition) is 2. The lowest BCUT2D eigenvalue weighted by molar-refractivity contribution is 0.0957. The molecule has 18 heavy (non-hydrogen) atoms. The molecule has 0 fully saturated rings. The van der Waals surface area contributed by atoms with E-state index in [1.807, 2.05) is 35.7 Å². The second-order valence-corrected chi connectivity index (χ2v) is 6.26. The van der Waals surface area contributed by atoms with Gasteiger partial charge in [0.1, 0.15) is 0 Å². The highest BCUT2D eigenvalue weighted by Gasteiger charge is 2.12. The fourth-order valence-electron chi connectivity index (χ4n) is 1.43. The average Bonchev–Trinajstić information content (AvgIpc) is 2.85. The fourth-order valence-corrected chi connectivity index (χ4v) is 3.91. The van der Waals surface area contributed by atoms with Crippen LogP contribution in [-0.4, -0.2) is 5.91 Å². The molecule has 1 amide bonds. The van der Waals surface area contributed by atoms with E-state index in [0.29, 0.717) is 4.88 Å².